The molecule has 0 spiro atoms. The molecule has 0 amide bonds. The summed E-state index contributed by atoms with van der Waals surface area (Å²) in [6.45, 7) is 6.99. The van der Waals surface area contributed by atoms with Crippen molar-refractivity contribution >= 4 is 5.97 Å². The Kier molecular flexibility index (Phi) is 6.76. The SMILES string of the molecule is C[CH]OC(C)OC(=O)CCCC. The fraction of sp³-hybridized carbons (Fsp3) is 0.778. The van der Waals surface area contributed by atoms with Crippen molar-refractivity contribution in [3.05, 3.63) is 6.61 Å². The molecule has 0 aromatic heterocycles. The zero-order valence-electron chi connectivity index (χ0n) is 8.00. The second-order valence-corrected chi connectivity index (χ2v) is 2.53. The molecule has 71 valence electrons. The van der Waals surface area contributed by atoms with Crippen LogP contribution in [-0.4, -0.2) is 12.3 Å². The monoisotopic (exact) mass is 173 g/mol. The van der Waals surface area contributed by atoms with Crippen LogP contribution in [0.15, 0.2) is 0 Å². The molecule has 0 aliphatic heterocycles. The predicted octanol–water partition coefficient (Wildman–Crippen LogP) is 2.26. The lowest BCUT2D eigenvalue weighted by Gasteiger charge is -2.11. The minimum absolute atomic E-state index is 0.189. The van der Waals surface area contributed by atoms with E-state index >= 15 is 0 Å². The Morgan fingerprint density at radius 3 is 2.75 bits per heavy atom. The van der Waals surface area contributed by atoms with Crippen LogP contribution in [0.2, 0.25) is 0 Å². The zero-order chi connectivity index (χ0) is 9.40. The van der Waals surface area contributed by atoms with Gasteiger partial charge in [0.25, 0.3) is 0 Å². The third-order valence-corrected chi connectivity index (χ3v) is 1.36. The van der Waals surface area contributed by atoms with Crippen LogP contribution >= 0.6 is 0 Å². The molecule has 1 unspecified atom stereocenters. The number of hydrogen-bond acceptors (Lipinski definition) is 3. The standard InChI is InChI=1S/C9H17O3/c1-4-6-7-9(10)12-8(3)11-5-2/h5,8H,4,6-7H2,1-3H3. The van der Waals surface area contributed by atoms with Crippen molar-refractivity contribution in [2.45, 2.75) is 46.3 Å². The van der Waals surface area contributed by atoms with E-state index in [1.54, 1.807) is 13.8 Å². The Morgan fingerprint density at radius 1 is 1.58 bits per heavy atom. The van der Waals surface area contributed by atoms with Gasteiger partial charge in [-0.1, -0.05) is 13.3 Å². The molecule has 0 heterocycles. The van der Waals surface area contributed by atoms with E-state index in [0.29, 0.717) is 6.42 Å². The van der Waals surface area contributed by atoms with Crippen LogP contribution in [0.5, 0.6) is 0 Å². The van der Waals surface area contributed by atoms with Crippen LogP contribution in [0, 0.1) is 6.61 Å². The second kappa shape index (κ2) is 7.10. The highest BCUT2D eigenvalue weighted by Crippen LogP contribution is 2.01. The number of ether oxygens (including phenoxy) is 2. The predicted molar refractivity (Wildman–Crippen MR) is 46.1 cm³/mol. The van der Waals surface area contributed by atoms with Gasteiger partial charge in [0.2, 0.25) is 6.29 Å². The van der Waals surface area contributed by atoms with Crippen LogP contribution in [0.4, 0.5) is 0 Å². The summed E-state index contributed by atoms with van der Waals surface area (Å²) in [6.07, 6.45) is 1.90. The number of carbonyl (C=O) groups excluding carboxylic acids is 1. The highest BCUT2D eigenvalue weighted by atomic mass is 16.7. The second-order valence-electron chi connectivity index (χ2n) is 2.53. The van der Waals surface area contributed by atoms with Gasteiger partial charge in [-0.3, -0.25) is 4.79 Å². The summed E-state index contributed by atoms with van der Waals surface area (Å²) in [4.78, 5) is 11.0. The van der Waals surface area contributed by atoms with Crippen molar-refractivity contribution in [2.75, 3.05) is 0 Å². The molecule has 1 atom stereocenters. The lowest BCUT2D eigenvalue weighted by molar-refractivity contribution is -0.168. The van der Waals surface area contributed by atoms with Gasteiger partial charge >= 0.3 is 5.97 Å². The lowest BCUT2D eigenvalue weighted by atomic mass is 10.2. The molecule has 3 heteroatoms. The maximum atomic E-state index is 11.0. The van der Waals surface area contributed by atoms with Crippen LogP contribution in [0.1, 0.15) is 40.0 Å². The Labute approximate surface area is 74.0 Å². The Hall–Kier alpha value is -0.570. The molecule has 0 aliphatic carbocycles. The fourth-order valence-corrected chi connectivity index (χ4v) is 0.785. The highest BCUT2D eigenvalue weighted by Gasteiger charge is 2.07. The van der Waals surface area contributed by atoms with Crippen molar-refractivity contribution in [1.82, 2.24) is 0 Å². The fourth-order valence-electron chi connectivity index (χ4n) is 0.785. The minimum Gasteiger partial charge on any atom is -0.436 e. The summed E-state index contributed by atoms with van der Waals surface area (Å²) in [7, 11) is 0. The van der Waals surface area contributed by atoms with Crippen molar-refractivity contribution in [3.63, 3.8) is 0 Å². The summed E-state index contributed by atoms with van der Waals surface area (Å²) in [6, 6.07) is 0. The Bertz CT molecular complexity index is 123. The van der Waals surface area contributed by atoms with Crippen LogP contribution in [0.25, 0.3) is 0 Å². The first-order valence-corrected chi connectivity index (χ1v) is 4.33. The van der Waals surface area contributed by atoms with Crippen molar-refractivity contribution in [2.24, 2.45) is 0 Å². The molecule has 3 nitrogen and oxygen atoms in total. The van der Waals surface area contributed by atoms with Crippen LogP contribution in [-0.2, 0) is 14.3 Å². The number of hydrogen-bond donors (Lipinski definition) is 0. The van der Waals surface area contributed by atoms with Crippen molar-refractivity contribution in [1.29, 1.82) is 0 Å². The molecule has 1 radical (unpaired) electrons. The molecule has 12 heavy (non-hydrogen) atoms. The van der Waals surface area contributed by atoms with Crippen molar-refractivity contribution in [3.8, 4) is 0 Å². The topological polar surface area (TPSA) is 35.5 Å². The Balaban J connectivity index is 3.40. The molecule has 0 N–H and O–H groups in total. The van der Waals surface area contributed by atoms with E-state index in [4.69, 9.17) is 9.47 Å². The maximum absolute atomic E-state index is 11.0. The molecule has 0 rings (SSSR count). The van der Waals surface area contributed by atoms with Gasteiger partial charge < -0.3 is 9.47 Å². The molecule has 0 saturated carbocycles. The van der Waals surface area contributed by atoms with Gasteiger partial charge in [-0.15, -0.1) is 0 Å². The van der Waals surface area contributed by atoms with E-state index in [1.807, 2.05) is 6.92 Å². The number of esters is 1. The summed E-state index contributed by atoms with van der Waals surface area (Å²) >= 11 is 0. The molecular formula is C9H17O3. The van der Waals surface area contributed by atoms with Gasteiger partial charge in [0.1, 0.15) is 0 Å². The van der Waals surface area contributed by atoms with E-state index in [2.05, 4.69) is 0 Å². The van der Waals surface area contributed by atoms with E-state index in [1.165, 1.54) is 6.61 Å². The van der Waals surface area contributed by atoms with Gasteiger partial charge in [0, 0.05) is 6.42 Å². The summed E-state index contributed by atoms with van der Waals surface area (Å²) in [5.41, 5.74) is 0. The molecular weight excluding hydrogens is 156 g/mol. The van der Waals surface area contributed by atoms with Crippen LogP contribution in [0.3, 0.4) is 0 Å². The largest absolute Gasteiger partial charge is 0.436 e. The molecule has 0 aromatic carbocycles. The van der Waals surface area contributed by atoms with E-state index < -0.39 is 6.29 Å². The third kappa shape index (κ3) is 6.16. The van der Waals surface area contributed by atoms with Crippen LogP contribution < -0.4 is 0 Å². The van der Waals surface area contributed by atoms with Gasteiger partial charge in [-0.2, -0.15) is 0 Å². The molecule has 0 fully saturated rings. The minimum atomic E-state index is -0.459. The average Bonchev–Trinajstić information content (AvgIpc) is 2.01. The molecule has 0 aliphatic rings. The zero-order valence-corrected chi connectivity index (χ0v) is 8.00. The summed E-state index contributed by atoms with van der Waals surface area (Å²) in [5.74, 6) is -0.189. The summed E-state index contributed by atoms with van der Waals surface area (Å²) < 4.78 is 9.82. The van der Waals surface area contributed by atoms with E-state index in [-0.39, 0.29) is 5.97 Å². The van der Waals surface area contributed by atoms with E-state index in [9.17, 15) is 4.79 Å². The van der Waals surface area contributed by atoms with Gasteiger partial charge in [0.15, 0.2) is 0 Å². The summed E-state index contributed by atoms with van der Waals surface area (Å²) in [5, 5.41) is 0. The average molecular weight is 173 g/mol. The molecule has 0 saturated heterocycles. The maximum Gasteiger partial charge on any atom is 0.308 e. The quantitative estimate of drug-likeness (QED) is 0.456. The smallest absolute Gasteiger partial charge is 0.308 e. The number of rotatable bonds is 6. The first-order valence-electron chi connectivity index (χ1n) is 4.33. The molecule has 0 aromatic rings. The van der Waals surface area contributed by atoms with Crippen molar-refractivity contribution < 1.29 is 14.3 Å². The van der Waals surface area contributed by atoms with Gasteiger partial charge in [-0.05, 0) is 20.3 Å². The molecule has 0 bridgehead atoms. The third-order valence-electron chi connectivity index (χ3n) is 1.36. The Morgan fingerprint density at radius 2 is 2.25 bits per heavy atom. The normalized spacial score (nSPS) is 12.6. The van der Waals surface area contributed by atoms with Gasteiger partial charge in [-0.25, -0.2) is 0 Å². The highest BCUT2D eigenvalue weighted by molar-refractivity contribution is 5.69. The van der Waals surface area contributed by atoms with E-state index in [0.717, 1.165) is 12.8 Å². The first-order chi connectivity index (χ1) is 5.70. The lowest BCUT2D eigenvalue weighted by Crippen LogP contribution is -2.16. The first kappa shape index (κ1) is 11.4. The van der Waals surface area contributed by atoms with Gasteiger partial charge in [0.05, 0.1) is 6.61 Å². The number of carbonyl (C=O) groups is 1. The number of unbranched alkanes of at least 4 members (excludes halogenated alkanes) is 1.